The van der Waals surface area contributed by atoms with E-state index in [0.29, 0.717) is 6.07 Å². The van der Waals surface area contributed by atoms with Crippen LogP contribution in [0.5, 0.6) is 0 Å². The van der Waals surface area contributed by atoms with Crippen LogP contribution in [0.15, 0.2) is 6.07 Å². The van der Waals surface area contributed by atoms with Crippen LogP contribution in [0, 0.1) is 23.3 Å². The Bertz CT molecular complexity index is 364. The van der Waals surface area contributed by atoms with Crippen molar-refractivity contribution in [2.75, 3.05) is 0 Å². The molecule has 0 aliphatic carbocycles. The van der Waals surface area contributed by atoms with Gasteiger partial charge in [0.05, 0.1) is 0 Å². The second-order valence-corrected chi connectivity index (χ2v) is 4.09. The van der Waals surface area contributed by atoms with E-state index in [0.717, 1.165) is 0 Å². The van der Waals surface area contributed by atoms with E-state index in [1.54, 1.807) is 0 Å². The maximum absolute atomic E-state index is 13.2. The average molecular weight is 236 g/mol. The molecule has 1 aromatic rings. The van der Waals surface area contributed by atoms with Crippen LogP contribution in [0.4, 0.5) is 17.6 Å². The highest BCUT2D eigenvalue weighted by molar-refractivity contribution is 5.28. The molecular formula is C12H16F4. The summed E-state index contributed by atoms with van der Waals surface area (Å²) in [6, 6.07) is 0.360. The summed E-state index contributed by atoms with van der Waals surface area (Å²) >= 11 is 0. The molecule has 0 nitrogen and oxygen atoms in total. The van der Waals surface area contributed by atoms with E-state index in [1.807, 2.05) is 13.8 Å². The molecule has 1 aromatic carbocycles. The van der Waals surface area contributed by atoms with Crippen molar-refractivity contribution in [3.63, 3.8) is 0 Å². The van der Waals surface area contributed by atoms with Gasteiger partial charge in [-0.05, 0) is 5.41 Å². The van der Waals surface area contributed by atoms with Gasteiger partial charge in [-0.25, -0.2) is 17.6 Å². The summed E-state index contributed by atoms with van der Waals surface area (Å²) in [6.07, 6.45) is 0. The Morgan fingerprint density at radius 3 is 1.62 bits per heavy atom. The van der Waals surface area contributed by atoms with Gasteiger partial charge in [0.1, 0.15) is 5.82 Å². The van der Waals surface area contributed by atoms with Crippen LogP contribution in [0.3, 0.4) is 0 Å². The highest BCUT2D eigenvalue weighted by atomic mass is 19.2. The Morgan fingerprint density at radius 1 is 0.812 bits per heavy atom. The van der Waals surface area contributed by atoms with Crippen molar-refractivity contribution in [1.29, 1.82) is 0 Å². The molecule has 0 fully saturated rings. The minimum absolute atomic E-state index is 0.360. The highest BCUT2D eigenvalue weighted by Gasteiger charge is 2.27. The van der Waals surface area contributed by atoms with Crippen LogP contribution in [-0.4, -0.2) is 0 Å². The molecule has 0 amide bonds. The van der Waals surface area contributed by atoms with Gasteiger partial charge in [-0.1, -0.05) is 34.6 Å². The first-order chi connectivity index (χ1) is 7.25. The van der Waals surface area contributed by atoms with Gasteiger partial charge in [0.2, 0.25) is 0 Å². The SMILES string of the molecule is CC.CC(C)(C)c1c(F)cc(F)c(F)c1F. The topological polar surface area (TPSA) is 0 Å². The van der Waals surface area contributed by atoms with Crippen LogP contribution >= 0.6 is 0 Å². The van der Waals surface area contributed by atoms with Crippen molar-refractivity contribution in [1.82, 2.24) is 0 Å². The van der Waals surface area contributed by atoms with Gasteiger partial charge in [0.25, 0.3) is 0 Å². The molecule has 0 heterocycles. The van der Waals surface area contributed by atoms with E-state index in [-0.39, 0.29) is 0 Å². The lowest BCUT2D eigenvalue weighted by Crippen LogP contribution is -2.18. The molecule has 0 atom stereocenters. The fraction of sp³-hybridized carbons (Fsp3) is 0.500. The Kier molecular flexibility index (Phi) is 4.97. The first-order valence-corrected chi connectivity index (χ1v) is 5.08. The van der Waals surface area contributed by atoms with Crippen LogP contribution in [0.25, 0.3) is 0 Å². The van der Waals surface area contributed by atoms with Gasteiger partial charge in [-0.3, -0.25) is 0 Å². The highest BCUT2D eigenvalue weighted by Crippen LogP contribution is 2.30. The van der Waals surface area contributed by atoms with Gasteiger partial charge in [0.15, 0.2) is 17.5 Å². The van der Waals surface area contributed by atoms with Crippen LogP contribution < -0.4 is 0 Å². The molecule has 0 aliphatic heterocycles. The maximum atomic E-state index is 13.2. The third-order valence-corrected chi connectivity index (χ3v) is 1.86. The second-order valence-electron chi connectivity index (χ2n) is 4.09. The van der Waals surface area contributed by atoms with Crippen molar-refractivity contribution < 1.29 is 17.6 Å². The summed E-state index contributed by atoms with van der Waals surface area (Å²) in [4.78, 5) is 0. The lowest BCUT2D eigenvalue weighted by molar-refractivity contribution is 0.400. The minimum atomic E-state index is -1.63. The molecule has 4 heteroatoms. The third-order valence-electron chi connectivity index (χ3n) is 1.86. The molecule has 1 rings (SSSR count). The Labute approximate surface area is 93.3 Å². The predicted molar refractivity (Wildman–Crippen MR) is 56.3 cm³/mol. The molecule has 0 spiro atoms. The summed E-state index contributed by atoms with van der Waals surface area (Å²) < 4.78 is 51.6. The van der Waals surface area contributed by atoms with E-state index < -0.39 is 34.2 Å². The Hall–Kier alpha value is -1.06. The van der Waals surface area contributed by atoms with Crippen LogP contribution in [0.2, 0.25) is 0 Å². The number of hydrogen-bond donors (Lipinski definition) is 0. The van der Waals surface area contributed by atoms with E-state index in [2.05, 4.69) is 0 Å². The summed E-state index contributed by atoms with van der Waals surface area (Å²) in [5.74, 6) is -5.65. The van der Waals surface area contributed by atoms with Gasteiger partial charge in [-0.15, -0.1) is 0 Å². The zero-order valence-electron chi connectivity index (χ0n) is 10.1. The molecule has 0 aliphatic rings. The quantitative estimate of drug-likeness (QED) is 0.352. The lowest BCUT2D eigenvalue weighted by atomic mass is 9.86. The molecule has 0 radical (unpaired) electrons. The van der Waals surface area contributed by atoms with Crippen LogP contribution in [-0.2, 0) is 5.41 Å². The molecule has 0 unspecified atom stereocenters. The van der Waals surface area contributed by atoms with E-state index in [9.17, 15) is 17.6 Å². The summed E-state index contributed by atoms with van der Waals surface area (Å²) in [7, 11) is 0. The van der Waals surface area contributed by atoms with Crippen molar-refractivity contribution >= 4 is 0 Å². The largest absolute Gasteiger partial charge is 0.206 e. The zero-order chi connectivity index (χ0) is 13.1. The molecule has 0 aromatic heterocycles. The third kappa shape index (κ3) is 2.97. The second kappa shape index (κ2) is 5.32. The Morgan fingerprint density at radius 2 is 1.25 bits per heavy atom. The van der Waals surface area contributed by atoms with E-state index >= 15 is 0 Å². The normalized spacial score (nSPS) is 10.8. The standard InChI is InChI=1S/C10H10F4.C2H6/c1-10(2,3)7-5(11)4-6(12)8(13)9(7)14;1-2/h4H,1-3H3;1-2H3. The van der Waals surface area contributed by atoms with Gasteiger partial charge in [0, 0.05) is 11.6 Å². The van der Waals surface area contributed by atoms with Gasteiger partial charge >= 0.3 is 0 Å². The van der Waals surface area contributed by atoms with E-state index in [4.69, 9.17) is 0 Å². The van der Waals surface area contributed by atoms with Crippen molar-refractivity contribution in [3.8, 4) is 0 Å². The number of benzene rings is 1. The number of rotatable bonds is 0. The number of hydrogen-bond acceptors (Lipinski definition) is 0. The average Bonchev–Trinajstić information content (AvgIpc) is 2.15. The van der Waals surface area contributed by atoms with Crippen LogP contribution in [0.1, 0.15) is 40.2 Å². The lowest BCUT2D eigenvalue weighted by Gasteiger charge is -2.20. The summed E-state index contributed by atoms with van der Waals surface area (Å²) in [5, 5.41) is 0. The smallest absolute Gasteiger partial charge is 0.194 e. The molecule has 0 saturated heterocycles. The van der Waals surface area contributed by atoms with Crippen molar-refractivity contribution in [3.05, 3.63) is 34.9 Å². The van der Waals surface area contributed by atoms with Crippen molar-refractivity contribution in [2.24, 2.45) is 0 Å². The first-order valence-electron chi connectivity index (χ1n) is 5.08. The molecule has 16 heavy (non-hydrogen) atoms. The summed E-state index contributed by atoms with van der Waals surface area (Å²) in [6.45, 7) is 8.56. The molecule has 0 N–H and O–H groups in total. The van der Waals surface area contributed by atoms with Gasteiger partial charge < -0.3 is 0 Å². The molecule has 0 bridgehead atoms. The van der Waals surface area contributed by atoms with Crippen molar-refractivity contribution in [2.45, 2.75) is 40.0 Å². The fourth-order valence-corrected chi connectivity index (χ4v) is 1.25. The predicted octanol–water partition coefficient (Wildman–Crippen LogP) is 4.57. The molecule has 92 valence electrons. The first kappa shape index (κ1) is 14.9. The number of halogens is 4. The monoisotopic (exact) mass is 236 g/mol. The molecular weight excluding hydrogens is 220 g/mol. The molecule has 0 saturated carbocycles. The maximum Gasteiger partial charge on any atom is 0.194 e. The fourth-order valence-electron chi connectivity index (χ4n) is 1.25. The Balaban J connectivity index is 0.00000106. The van der Waals surface area contributed by atoms with Gasteiger partial charge in [-0.2, -0.15) is 0 Å². The minimum Gasteiger partial charge on any atom is -0.206 e. The summed E-state index contributed by atoms with van der Waals surface area (Å²) in [5.41, 5.74) is -1.33. The van der Waals surface area contributed by atoms with E-state index in [1.165, 1.54) is 20.8 Å². The zero-order valence-corrected chi connectivity index (χ0v) is 10.1.